The number of nitrogens with two attached hydrogens (primary N) is 1. The van der Waals surface area contributed by atoms with Gasteiger partial charge in [0.05, 0.1) is 11.9 Å². The van der Waals surface area contributed by atoms with E-state index in [0.29, 0.717) is 11.4 Å². The Hall–Kier alpha value is -1.50. The summed E-state index contributed by atoms with van der Waals surface area (Å²) in [7, 11) is 1.68. The molecule has 1 aromatic rings. The lowest BCUT2D eigenvalue weighted by molar-refractivity contribution is 0.756. The van der Waals surface area contributed by atoms with Crippen LogP contribution in [0.2, 0.25) is 0 Å². The summed E-state index contributed by atoms with van der Waals surface area (Å²) in [6.07, 6.45) is 1.46. The lowest BCUT2D eigenvalue weighted by atomic mass is 10.4. The highest BCUT2D eigenvalue weighted by Crippen LogP contribution is 2.05. The predicted molar refractivity (Wildman–Crippen MR) is 32.3 cm³/mol. The van der Waals surface area contributed by atoms with Crippen LogP contribution in [0, 0.1) is 11.3 Å². The number of hydrogen-bond acceptors (Lipinski definition) is 3. The molecule has 9 heavy (non-hydrogen) atoms. The summed E-state index contributed by atoms with van der Waals surface area (Å²) >= 11 is 0. The molecule has 46 valence electrons. The monoisotopic (exact) mass is 122 g/mol. The average molecular weight is 122 g/mol. The lowest BCUT2D eigenvalue weighted by Crippen LogP contribution is -1.95. The number of rotatable bonds is 0. The zero-order valence-electron chi connectivity index (χ0n) is 5.00. The number of aromatic nitrogens is 2. The molecular formula is C5H6N4. The third-order valence-corrected chi connectivity index (χ3v) is 1.07. The largest absolute Gasteiger partial charge is 0.395 e. The minimum absolute atomic E-state index is 0.412. The van der Waals surface area contributed by atoms with E-state index in [4.69, 9.17) is 11.0 Å². The van der Waals surface area contributed by atoms with Crippen LogP contribution in [0.1, 0.15) is 5.69 Å². The standard InChI is InChI=1S/C5H6N4/c1-9-5(2-6)4(7)3-8-9/h3H,7H2,1H3. The van der Waals surface area contributed by atoms with Gasteiger partial charge in [-0.3, -0.25) is 4.68 Å². The van der Waals surface area contributed by atoms with E-state index in [9.17, 15) is 0 Å². The molecule has 0 atom stereocenters. The zero-order valence-corrected chi connectivity index (χ0v) is 5.00. The van der Waals surface area contributed by atoms with Gasteiger partial charge in [0.1, 0.15) is 6.07 Å². The molecule has 0 saturated heterocycles. The minimum Gasteiger partial charge on any atom is -0.395 e. The van der Waals surface area contributed by atoms with E-state index in [1.165, 1.54) is 10.9 Å². The van der Waals surface area contributed by atoms with Crippen LogP contribution in [0.3, 0.4) is 0 Å². The molecule has 0 saturated carbocycles. The number of hydrogen-bond donors (Lipinski definition) is 1. The van der Waals surface area contributed by atoms with Gasteiger partial charge in [-0.1, -0.05) is 0 Å². The molecule has 0 bridgehead atoms. The zero-order chi connectivity index (χ0) is 6.85. The van der Waals surface area contributed by atoms with Crippen LogP contribution >= 0.6 is 0 Å². The predicted octanol–water partition coefficient (Wildman–Crippen LogP) is -0.126. The van der Waals surface area contributed by atoms with Gasteiger partial charge in [-0.25, -0.2) is 0 Å². The third kappa shape index (κ3) is 0.722. The minimum atomic E-state index is 0.412. The molecule has 4 heteroatoms. The summed E-state index contributed by atoms with van der Waals surface area (Å²) in [5.74, 6) is 0. The molecule has 4 nitrogen and oxygen atoms in total. The van der Waals surface area contributed by atoms with Crippen molar-refractivity contribution in [3.05, 3.63) is 11.9 Å². The van der Waals surface area contributed by atoms with Gasteiger partial charge < -0.3 is 5.73 Å². The maximum absolute atomic E-state index is 8.40. The Morgan fingerprint density at radius 2 is 2.56 bits per heavy atom. The Labute approximate surface area is 52.5 Å². The number of anilines is 1. The number of aryl methyl sites for hydroxylation is 1. The second kappa shape index (κ2) is 1.78. The molecule has 1 aromatic heterocycles. The Kier molecular flexibility index (Phi) is 1.12. The summed E-state index contributed by atoms with van der Waals surface area (Å²) in [5, 5.41) is 12.2. The molecule has 0 aromatic carbocycles. The van der Waals surface area contributed by atoms with E-state index in [0.717, 1.165) is 0 Å². The number of nitriles is 1. The molecule has 0 aliphatic carbocycles. The Balaban J connectivity index is 3.27. The second-order valence-electron chi connectivity index (χ2n) is 1.68. The smallest absolute Gasteiger partial charge is 0.161 e. The molecule has 0 unspecified atom stereocenters. The molecule has 1 heterocycles. The van der Waals surface area contributed by atoms with Crippen molar-refractivity contribution >= 4 is 5.69 Å². The summed E-state index contributed by atoms with van der Waals surface area (Å²) in [4.78, 5) is 0. The fraction of sp³-hybridized carbons (Fsp3) is 0.200. The van der Waals surface area contributed by atoms with Gasteiger partial charge in [0, 0.05) is 7.05 Å². The third-order valence-electron chi connectivity index (χ3n) is 1.07. The topological polar surface area (TPSA) is 67.6 Å². The average Bonchev–Trinajstić information content (AvgIpc) is 2.12. The van der Waals surface area contributed by atoms with Crippen LogP contribution < -0.4 is 5.73 Å². The number of nitrogen functional groups attached to an aromatic ring is 1. The summed E-state index contributed by atoms with van der Waals surface area (Å²) in [6.45, 7) is 0. The van der Waals surface area contributed by atoms with Gasteiger partial charge in [0.2, 0.25) is 0 Å². The van der Waals surface area contributed by atoms with Gasteiger partial charge in [0.25, 0.3) is 0 Å². The number of nitrogens with zero attached hydrogens (tertiary/aromatic N) is 3. The fourth-order valence-electron chi connectivity index (χ4n) is 0.591. The van der Waals surface area contributed by atoms with E-state index in [1.54, 1.807) is 7.05 Å². The van der Waals surface area contributed by atoms with Crippen LogP contribution in [-0.4, -0.2) is 9.78 Å². The van der Waals surface area contributed by atoms with Gasteiger partial charge in [-0.2, -0.15) is 10.4 Å². The molecule has 0 amide bonds. The Morgan fingerprint density at radius 3 is 2.78 bits per heavy atom. The molecular weight excluding hydrogens is 116 g/mol. The highest BCUT2D eigenvalue weighted by molar-refractivity contribution is 5.48. The van der Waals surface area contributed by atoms with E-state index < -0.39 is 0 Å². The SMILES string of the molecule is Cn1ncc(N)c1C#N. The van der Waals surface area contributed by atoms with Crippen molar-refractivity contribution < 1.29 is 0 Å². The first-order valence-electron chi connectivity index (χ1n) is 2.43. The second-order valence-corrected chi connectivity index (χ2v) is 1.68. The first kappa shape index (κ1) is 5.63. The van der Waals surface area contributed by atoms with Gasteiger partial charge in [-0.05, 0) is 0 Å². The van der Waals surface area contributed by atoms with Crippen molar-refractivity contribution in [1.29, 1.82) is 5.26 Å². The molecule has 0 radical (unpaired) electrons. The van der Waals surface area contributed by atoms with Gasteiger partial charge in [0.15, 0.2) is 5.69 Å². The van der Waals surface area contributed by atoms with Crippen LogP contribution in [0.25, 0.3) is 0 Å². The quantitative estimate of drug-likeness (QED) is 0.521. The summed E-state index contributed by atoms with van der Waals surface area (Å²) in [5.41, 5.74) is 6.19. The Morgan fingerprint density at radius 1 is 1.89 bits per heavy atom. The van der Waals surface area contributed by atoms with Crippen molar-refractivity contribution in [1.82, 2.24) is 9.78 Å². The van der Waals surface area contributed by atoms with E-state index >= 15 is 0 Å². The Bertz CT molecular complexity index is 235. The van der Waals surface area contributed by atoms with E-state index in [2.05, 4.69) is 5.10 Å². The summed E-state index contributed by atoms with van der Waals surface area (Å²) < 4.78 is 1.44. The molecule has 0 aliphatic heterocycles. The maximum Gasteiger partial charge on any atom is 0.161 e. The first-order valence-corrected chi connectivity index (χ1v) is 2.43. The lowest BCUT2D eigenvalue weighted by Gasteiger charge is -1.87. The van der Waals surface area contributed by atoms with Crippen LogP contribution in [-0.2, 0) is 7.05 Å². The van der Waals surface area contributed by atoms with Crippen LogP contribution in [0.15, 0.2) is 6.20 Å². The molecule has 0 fully saturated rings. The van der Waals surface area contributed by atoms with Crippen molar-refractivity contribution in [3.63, 3.8) is 0 Å². The van der Waals surface area contributed by atoms with Crippen molar-refractivity contribution in [2.45, 2.75) is 0 Å². The maximum atomic E-state index is 8.40. The molecule has 2 N–H and O–H groups in total. The molecule has 1 rings (SSSR count). The highest BCUT2D eigenvalue weighted by Gasteiger charge is 2.00. The highest BCUT2D eigenvalue weighted by atomic mass is 15.3. The van der Waals surface area contributed by atoms with Gasteiger partial charge >= 0.3 is 0 Å². The normalized spacial score (nSPS) is 8.89. The molecule has 0 spiro atoms. The summed E-state index contributed by atoms with van der Waals surface area (Å²) in [6, 6.07) is 1.92. The van der Waals surface area contributed by atoms with Crippen LogP contribution in [0.4, 0.5) is 5.69 Å². The van der Waals surface area contributed by atoms with Gasteiger partial charge in [-0.15, -0.1) is 0 Å². The first-order chi connectivity index (χ1) is 4.25. The fourth-order valence-corrected chi connectivity index (χ4v) is 0.591. The van der Waals surface area contributed by atoms with E-state index in [1.807, 2.05) is 6.07 Å². The van der Waals surface area contributed by atoms with Crippen molar-refractivity contribution in [2.24, 2.45) is 7.05 Å². The van der Waals surface area contributed by atoms with Crippen molar-refractivity contribution in [2.75, 3.05) is 5.73 Å². The van der Waals surface area contributed by atoms with Crippen LogP contribution in [0.5, 0.6) is 0 Å². The van der Waals surface area contributed by atoms with Crippen molar-refractivity contribution in [3.8, 4) is 6.07 Å². The molecule has 0 aliphatic rings. The van der Waals surface area contributed by atoms with E-state index in [-0.39, 0.29) is 0 Å².